The van der Waals surface area contributed by atoms with Crippen LogP contribution in [0.15, 0.2) is 5.16 Å². The highest BCUT2D eigenvalue weighted by Crippen LogP contribution is 2.38. The number of carbonyl (C=O) groups is 1. The van der Waals surface area contributed by atoms with Crippen LogP contribution in [0.3, 0.4) is 0 Å². The predicted octanol–water partition coefficient (Wildman–Crippen LogP) is 1.70. The van der Waals surface area contributed by atoms with Gasteiger partial charge in [0, 0.05) is 13.1 Å². The molecule has 0 spiro atoms. The Balaban J connectivity index is 2.25. The maximum Gasteiger partial charge on any atom is 0.236 e. The number of amides is 1. The molecule has 5 nitrogen and oxygen atoms in total. The SMILES string of the molecule is NC(=NO)C1(C(=O)N2CCCC2)CCCCCC1. The van der Waals surface area contributed by atoms with Crippen molar-refractivity contribution in [2.24, 2.45) is 16.3 Å². The standard InChI is InChI=1S/C13H23N3O2/c14-11(15-18)13(7-3-1-2-4-8-13)12(17)16-9-5-6-10-16/h18H,1-10H2,(H2,14,15). The fourth-order valence-corrected chi connectivity index (χ4v) is 3.23. The molecule has 2 aliphatic rings. The largest absolute Gasteiger partial charge is 0.409 e. The van der Waals surface area contributed by atoms with E-state index in [1.807, 2.05) is 4.90 Å². The lowest BCUT2D eigenvalue weighted by molar-refractivity contribution is -0.138. The van der Waals surface area contributed by atoms with Gasteiger partial charge in [-0.2, -0.15) is 0 Å². The minimum absolute atomic E-state index is 0.0807. The average molecular weight is 253 g/mol. The van der Waals surface area contributed by atoms with Crippen LogP contribution in [0.5, 0.6) is 0 Å². The zero-order chi connectivity index (χ0) is 13.0. The lowest BCUT2D eigenvalue weighted by Crippen LogP contribution is -2.50. The van der Waals surface area contributed by atoms with Crippen LogP contribution in [0.2, 0.25) is 0 Å². The van der Waals surface area contributed by atoms with Gasteiger partial charge in [0.2, 0.25) is 5.91 Å². The van der Waals surface area contributed by atoms with E-state index in [0.717, 1.165) is 64.5 Å². The van der Waals surface area contributed by atoms with Gasteiger partial charge in [-0.25, -0.2) is 0 Å². The lowest BCUT2D eigenvalue weighted by Gasteiger charge is -2.33. The second-order valence-corrected chi connectivity index (χ2v) is 5.48. The van der Waals surface area contributed by atoms with E-state index in [-0.39, 0.29) is 11.7 Å². The van der Waals surface area contributed by atoms with Crippen molar-refractivity contribution in [1.29, 1.82) is 0 Å². The summed E-state index contributed by atoms with van der Waals surface area (Å²) < 4.78 is 0. The van der Waals surface area contributed by atoms with Gasteiger partial charge in [-0.15, -0.1) is 0 Å². The predicted molar refractivity (Wildman–Crippen MR) is 69.4 cm³/mol. The third-order valence-electron chi connectivity index (χ3n) is 4.36. The zero-order valence-electron chi connectivity index (χ0n) is 10.9. The van der Waals surface area contributed by atoms with Crippen molar-refractivity contribution in [3.05, 3.63) is 0 Å². The summed E-state index contributed by atoms with van der Waals surface area (Å²) in [4.78, 5) is 14.6. The van der Waals surface area contributed by atoms with E-state index in [9.17, 15) is 4.79 Å². The van der Waals surface area contributed by atoms with Gasteiger partial charge in [0.15, 0.2) is 5.84 Å². The van der Waals surface area contributed by atoms with Crippen LogP contribution in [0, 0.1) is 5.41 Å². The molecule has 0 radical (unpaired) electrons. The van der Waals surface area contributed by atoms with Crippen molar-refractivity contribution in [3.8, 4) is 0 Å². The third-order valence-corrected chi connectivity index (χ3v) is 4.36. The molecule has 0 bridgehead atoms. The number of hydrogen-bond acceptors (Lipinski definition) is 3. The molecule has 18 heavy (non-hydrogen) atoms. The number of likely N-dealkylation sites (tertiary alicyclic amines) is 1. The highest BCUT2D eigenvalue weighted by molar-refractivity contribution is 6.06. The van der Waals surface area contributed by atoms with E-state index < -0.39 is 5.41 Å². The molecule has 0 aromatic heterocycles. The molecular weight excluding hydrogens is 230 g/mol. The van der Waals surface area contributed by atoms with Crippen LogP contribution in [0.1, 0.15) is 51.4 Å². The number of nitrogens with zero attached hydrogens (tertiary/aromatic N) is 2. The Morgan fingerprint density at radius 1 is 1.06 bits per heavy atom. The molecule has 2 rings (SSSR count). The van der Waals surface area contributed by atoms with Crippen molar-refractivity contribution in [2.75, 3.05) is 13.1 Å². The highest BCUT2D eigenvalue weighted by Gasteiger charge is 2.45. The van der Waals surface area contributed by atoms with E-state index in [0.29, 0.717) is 0 Å². The number of amidine groups is 1. The molecule has 102 valence electrons. The number of rotatable bonds is 2. The van der Waals surface area contributed by atoms with Crippen LogP contribution in [-0.4, -0.2) is 34.9 Å². The number of hydrogen-bond donors (Lipinski definition) is 2. The first-order chi connectivity index (χ1) is 8.70. The monoisotopic (exact) mass is 253 g/mol. The Kier molecular flexibility index (Phi) is 4.09. The molecule has 0 atom stereocenters. The quantitative estimate of drug-likeness (QED) is 0.258. The third kappa shape index (κ3) is 2.31. The molecule has 1 saturated carbocycles. The van der Waals surface area contributed by atoms with Crippen LogP contribution >= 0.6 is 0 Å². The topological polar surface area (TPSA) is 78.9 Å². The van der Waals surface area contributed by atoms with E-state index in [4.69, 9.17) is 10.9 Å². The maximum absolute atomic E-state index is 12.7. The Labute approximate surface area is 108 Å². The normalized spacial score (nSPS) is 24.9. The summed E-state index contributed by atoms with van der Waals surface area (Å²) in [5.41, 5.74) is 5.13. The molecule has 1 aliphatic carbocycles. The van der Waals surface area contributed by atoms with Gasteiger partial charge in [0.25, 0.3) is 0 Å². The summed E-state index contributed by atoms with van der Waals surface area (Å²) in [6.45, 7) is 1.64. The molecule has 1 saturated heterocycles. The number of nitrogens with two attached hydrogens (primary N) is 1. The number of oxime groups is 1. The van der Waals surface area contributed by atoms with E-state index >= 15 is 0 Å². The Hall–Kier alpha value is -1.26. The lowest BCUT2D eigenvalue weighted by atomic mass is 9.77. The Morgan fingerprint density at radius 3 is 2.11 bits per heavy atom. The van der Waals surface area contributed by atoms with Gasteiger partial charge in [-0.3, -0.25) is 4.79 Å². The summed E-state index contributed by atoms with van der Waals surface area (Å²) in [5.74, 6) is 0.193. The van der Waals surface area contributed by atoms with Crippen molar-refractivity contribution in [3.63, 3.8) is 0 Å². The molecule has 1 amide bonds. The van der Waals surface area contributed by atoms with Gasteiger partial charge < -0.3 is 15.8 Å². The molecular formula is C13H23N3O2. The fourth-order valence-electron chi connectivity index (χ4n) is 3.23. The molecule has 5 heteroatoms. The van der Waals surface area contributed by atoms with Gasteiger partial charge in [-0.1, -0.05) is 30.8 Å². The summed E-state index contributed by atoms with van der Waals surface area (Å²) >= 11 is 0. The van der Waals surface area contributed by atoms with Crippen molar-refractivity contribution in [1.82, 2.24) is 4.90 Å². The molecule has 1 heterocycles. The number of carbonyl (C=O) groups excluding carboxylic acids is 1. The van der Waals surface area contributed by atoms with Crippen LogP contribution in [-0.2, 0) is 4.79 Å². The second kappa shape index (κ2) is 5.59. The maximum atomic E-state index is 12.7. The van der Waals surface area contributed by atoms with Crippen molar-refractivity contribution in [2.45, 2.75) is 51.4 Å². The average Bonchev–Trinajstić information content (AvgIpc) is 2.81. The summed E-state index contributed by atoms with van der Waals surface area (Å²) in [6.07, 6.45) is 7.81. The van der Waals surface area contributed by atoms with Gasteiger partial charge >= 0.3 is 0 Å². The molecule has 0 aromatic carbocycles. The van der Waals surface area contributed by atoms with E-state index in [1.165, 1.54) is 0 Å². The first-order valence-corrected chi connectivity index (χ1v) is 6.98. The van der Waals surface area contributed by atoms with Crippen molar-refractivity contribution < 1.29 is 10.0 Å². The van der Waals surface area contributed by atoms with Crippen LogP contribution < -0.4 is 5.73 Å². The van der Waals surface area contributed by atoms with Crippen molar-refractivity contribution >= 4 is 11.7 Å². The van der Waals surface area contributed by atoms with Gasteiger partial charge in [0.1, 0.15) is 5.41 Å². The van der Waals surface area contributed by atoms with Gasteiger partial charge in [0.05, 0.1) is 0 Å². The molecule has 1 aliphatic heterocycles. The minimum atomic E-state index is -0.740. The summed E-state index contributed by atoms with van der Waals surface area (Å²) in [5, 5.41) is 12.2. The Bertz CT molecular complexity index is 327. The van der Waals surface area contributed by atoms with Gasteiger partial charge in [-0.05, 0) is 25.7 Å². The first kappa shape index (κ1) is 13.2. The minimum Gasteiger partial charge on any atom is -0.409 e. The molecule has 3 N–H and O–H groups in total. The van der Waals surface area contributed by atoms with E-state index in [1.54, 1.807) is 0 Å². The van der Waals surface area contributed by atoms with E-state index in [2.05, 4.69) is 5.16 Å². The highest BCUT2D eigenvalue weighted by atomic mass is 16.4. The zero-order valence-corrected chi connectivity index (χ0v) is 10.9. The summed E-state index contributed by atoms with van der Waals surface area (Å²) in [6, 6.07) is 0. The fraction of sp³-hybridized carbons (Fsp3) is 0.846. The first-order valence-electron chi connectivity index (χ1n) is 6.98. The molecule has 0 aromatic rings. The van der Waals surface area contributed by atoms with Crippen LogP contribution in [0.25, 0.3) is 0 Å². The molecule has 0 unspecified atom stereocenters. The molecule has 2 fully saturated rings. The van der Waals surface area contributed by atoms with Crippen LogP contribution in [0.4, 0.5) is 0 Å². The summed E-state index contributed by atoms with van der Waals surface area (Å²) in [7, 11) is 0. The Morgan fingerprint density at radius 2 is 1.61 bits per heavy atom. The smallest absolute Gasteiger partial charge is 0.236 e. The second-order valence-electron chi connectivity index (χ2n) is 5.48.